The first-order valence-electron chi connectivity index (χ1n) is 12.0. The summed E-state index contributed by atoms with van der Waals surface area (Å²) in [6, 6.07) is 8.11. The highest BCUT2D eigenvalue weighted by Crippen LogP contribution is 2.20. The zero-order chi connectivity index (χ0) is 25.1. The van der Waals surface area contributed by atoms with Gasteiger partial charge in [0.2, 0.25) is 5.91 Å². The normalized spacial score (nSPS) is 14.6. The van der Waals surface area contributed by atoms with Crippen molar-refractivity contribution in [1.29, 1.82) is 0 Å². The van der Waals surface area contributed by atoms with Gasteiger partial charge in [-0.05, 0) is 36.7 Å². The molecule has 0 aliphatic carbocycles. The Kier molecular flexibility index (Phi) is 11.0. The van der Waals surface area contributed by atoms with Crippen LogP contribution in [0.4, 0.5) is 4.79 Å². The van der Waals surface area contributed by atoms with Gasteiger partial charge >= 0.3 is 6.03 Å². The summed E-state index contributed by atoms with van der Waals surface area (Å²) in [5.41, 5.74) is 5.68. The Hall–Kier alpha value is -2.91. The second-order valence-electron chi connectivity index (χ2n) is 9.38. The van der Waals surface area contributed by atoms with Gasteiger partial charge in [-0.2, -0.15) is 0 Å². The first kappa shape index (κ1) is 27.3. The molecule has 4 amide bonds. The summed E-state index contributed by atoms with van der Waals surface area (Å²) < 4.78 is 0. The molecule has 0 bridgehead atoms. The molecule has 1 aliphatic heterocycles. The lowest BCUT2D eigenvalue weighted by Gasteiger charge is -2.41. The van der Waals surface area contributed by atoms with Gasteiger partial charge in [-0.25, -0.2) is 25.7 Å². The molecular formula is C25H39N5O4. The molecule has 0 radical (unpaired) electrons. The number of nitrogens with one attached hydrogen (secondary N) is 2. The van der Waals surface area contributed by atoms with Gasteiger partial charge in [0.05, 0.1) is 0 Å². The van der Waals surface area contributed by atoms with Crippen LogP contribution in [0.5, 0.6) is 0 Å². The van der Waals surface area contributed by atoms with Crippen LogP contribution < -0.4 is 10.9 Å². The highest BCUT2D eigenvalue weighted by Gasteiger charge is 2.38. The summed E-state index contributed by atoms with van der Waals surface area (Å²) in [7, 11) is 0. The maximum absolute atomic E-state index is 13.5. The quantitative estimate of drug-likeness (QED) is 0.357. The number of hydroxylamine groups is 1. The van der Waals surface area contributed by atoms with Crippen molar-refractivity contribution < 1.29 is 19.6 Å². The van der Waals surface area contributed by atoms with E-state index in [1.54, 1.807) is 11.6 Å². The lowest BCUT2D eigenvalue weighted by atomic mass is 10.1. The Balaban J connectivity index is 2.42. The van der Waals surface area contributed by atoms with Crippen molar-refractivity contribution in [2.45, 2.75) is 59.4 Å². The highest BCUT2D eigenvalue weighted by molar-refractivity contribution is 5.89. The molecule has 1 heterocycles. The number of hydrogen-bond acceptors (Lipinski definition) is 5. The van der Waals surface area contributed by atoms with E-state index in [0.29, 0.717) is 19.5 Å². The third kappa shape index (κ3) is 8.14. The monoisotopic (exact) mass is 473 g/mol. The molecule has 3 N–H and O–H groups in total. The minimum Gasteiger partial charge on any atom is -0.289 e. The number of hydrogen-bond donors (Lipinski definition) is 3. The Bertz CT molecular complexity index is 822. The van der Waals surface area contributed by atoms with Crippen LogP contribution in [0.2, 0.25) is 0 Å². The molecule has 9 nitrogen and oxygen atoms in total. The van der Waals surface area contributed by atoms with Crippen LogP contribution in [-0.2, 0) is 9.59 Å². The van der Waals surface area contributed by atoms with E-state index < -0.39 is 11.9 Å². The Morgan fingerprint density at radius 2 is 1.85 bits per heavy atom. The highest BCUT2D eigenvalue weighted by atomic mass is 16.5. The topological polar surface area (TPSA) is 105 Å². The zero-order valence-electron chi connectivity index (χ0n) is 20.7. The second-order valence-corrected chi connectivity index (χ2v) is 9.38. The van der Waals surface area contributed by atoms with Crippen LogP contribution in [0.3, 0.4) is 0 Å². The molecule has 1 atom stereocenters. The van der Waals surface area contributed by atoms with E-state index in [0.717, 1.165) is 12.0 Å². The van der Waals surface area contributed by atoms with Crippen molar-refractivity contribution in [3.8, 4) is 0 Å². The molecule has 1 saturated heterocycles. The van der Waals surface area contributed by atoms with Crippen LogP contribution in [0, 0.1) is 11.8 Å². The number of nitrogens with zero attached hydrogens (tertiary/aromatic N) is 3. The summed E-state index contributed by atoms with van der Waals surface area (Å²) in [4.78, 5) is 39.8. The first-order chi connectivity index (χ1) is 16.2. The van der Waals surface area contributed by atoms with Crippen molar-refractivity contribution in [1.82, 2.24) is 25.9 Å². The number of hydrazine groups is 2. The van der Waals surface area contributed by atoms with Gasteiger partial charge in [-0.15, -0.1) is 0 Å². The van der Waals surface area contributed by atoms with E-state index in [1.165, 1.54) is 15.0 Å². The van der Waals surface area contributed by atoms with Crippen LogP contribution in [0.1, 0.15) is 58.9 Å². The molecule has 1 aliphatic rings. The molecule has 0 unspecified atom stereocenters. The fourth-order valence-corrected chi connectivity index (χ4v) is 3.73. The van der Waals surface area contributed by atoms with Crippen LogP contribution in [0.25, 0.3) is 6.08 Å². The molecule has 1 aromatic rings. The van der Waals surface area contributed by atoms with E-state index in [2.05, 4.69) is 5.43 Å². The van der Waals surface area contributed by atoms with E-state index in [4.69, 9.17) is 0 Å². The van der Waals surface area contributed by atoms with Crippen LogP contribution in [-0.4, -0.2) is 63.8 Å². The van der Waals surface area contributed by atoms with Gasteiger partial charge in [-0.3, -0.25) is 19.8 Å². The van der Waals surface area contributed by atoms with E-state index in [1.807, 2.05) is 64.1 Å². The fraction of sp³-hybridized carbons (Fsp3) is 0.560. The number of rotatable bonds is 10. The van der Waals surface area contributed by atoms with Gasteiger partial charge in [0.15, 0.2) is 0 Å². The zero-order valence-corrected chi connectivity index (χ0v) is 20.7. The lowest BCUT2D eigenvalue weighted by Crippen LogP contribution is -2.62. The van der Waals surface area contributed by atoms with Gasteiger partial charge in [0.25, 0.3) is 5.91 Å². The van der Waals surface area contributed by atoms with E-state index in [9.17, 15) is 19.6 Å². The molecule has 9 heteroatoms. The predicted octanol–water partition coefficient (Wildman–Crippen LogP) is 3.43. The maximum Gasteiger partial charge on any atom is 0.353 e. The number of benzene rings is 1. The summed E-state index contributed by atoms with van der Waals surface area (Å²) >= 11 is 0. The average molecular weight is 474 g/mol. The number of amides is 4. The van der Waals surface area contributed by atoms with E-state index >= 15 is 0 Å². The first-order valence-corrected chi connectivity index (χ1v) is 12.0. The number of urea groups is 1. The van der Waals surface area contributed by atoms with E-state index in [-0.39, 0.29) is 43.2 Å². The summed E-state index contributed by atoms with van der Waals surface area (Å²) in [5, 5.41) is 13.6. The Morgan fingerprint density at radius 1 is 1.15 bits per heavy atom. The van der Waals surface area contributed by atoms with Gasteiger partial charge in [0, 0.05) is 26.1 Å². The maximum atomic E-state index is 13.5. The fourth-order valence-electron chi connectivity index (χ4n) is 3.73. The Labute approximate surface area is 202 Å². The third-order valence-corrected chi connectivity index (χ3v) is 5.48. The molecule has 0 aromatic heterocycles. The molecular weight excluding hydrogens is 434 g/mol. The van der Waals surface area contributed by atoms with Crippen LogP contribution in [0.15, 0.2) is 36.4 Å². The predicted molar refractivity (Wildman–Crippen MR) is 131 cm³/mol. The molecule has 34 heavy (non-hydrogen) atoms. The second kappa shape index (κ2) is 13.7. The van der Waals surface area contributed by atoms with Crippen molar-refractivity contribution in [2.24, 2.45) is 11.8 Å². The summed E-state index contributed by atoms with van der Waals surface area (Å²) in [6.45, 7) is 9.37. The van der Waals surface area contributed by atoms with Gasteiger partial charge < -0.3 is 0 Å². The standard InChI is InChI=1S/C25H39N5O4/c1-19(2)14-15-23(31)30(29(18-20(3)4)25(33)28-17-9-16-26-28)22(24(32)27-34)13-8-12-21-10-6-5-7-11-21/h5-8,10-12,19-20,22,26,34H,9,13-18H2,1-4H3,(H,27,32)/t22-/m0/s1. The molecule has 2 rings (SSSR count). The van der Waals surface area contributed by atoms with Gasteiger partial charge in [-0.1, -0.05) is 70.2 Å². The minimum absolute atomic E-state index is 0.0460. The largest absolute Gasteiger partial charge is 0.353 e. The van der Waals surface area contributed by atoms with Gasteiger partial charge in [0.1, 0.15) is 6.04 Å². The number of carbonyl (C=O) groups is 3. The smallest absolute Gasteiger partial charge is 0.289 e. The lowest BCUT2D eigenvalue weighted by molar-refractivity contribution is -0.160. The van der Waals surface area contributed by atoms with Crippen molar-refractivity contribution in [3.05, 3.63) is 42.0 Å². The SMILES string of the molecule is CC(C)CCC(=O)N([C@@H](CC=Cc1ccccc1)C(=O)NO)N(CC(C)C)C(=O)N1CCCN1. The van der Waals surface area contributed by atoms with Crippen molar-refractivity contribution in [3.63, 3.8) is 0 Å². The molecule has 0 spiro atoms. The summed E-state index contributed by atoms with van der Waals surface area (Å²) in [5.74, 6) is -0.747. The van der Waals surface area contributed by atoms with Crippen molar-refractivity contribution >= 4 is 23.9 Å². The molecule has 1 aromatic carbocycles. The van der Waals surface area contributed by atoms with Crippen LogP contribution >= 0.6 is 0 Å². The molecule has 188 valence electrons. The average Bonchev–Trinajstić information content (AvgIpc) is 3.35. The summed E-state index contributed by atoms with van der Waals surface area (Å²) in [6.07, 6.45) is 5.38. The molecule has 0 saturated carbocycles. The number of carbonyl (C=O) groups excluding carboxylic acids is 3. The minimum atomic E-state index is -1.09. The Morgan fingerprint density at radius 3 is 2.41 bits per heavy atom. The van der Waals surface area contributed by atoms with Crippen molar-refractivity contribution in [2.75, 3.05) is 19.6 Å². The third-order valence-electron chi connectivity index (χ3n) is 5.48. The molecule has 1 fully saturated rings.